The number of fused-ring (bicyclic) bond motifs is 1. The summed E-state index contributed by atoms with van der Waals surface area (Å²) in [7, 11) is 0. The Labute approximate surface area is 170 Å². The second-order valence-corrected chi connectivity index (χ2v) is 6.69. The van der Waals surface area contributed by atoms with E-state index in [-0.39, 0.29) is 22.5 Å². The molecule has 2 aromatic carbocycles. The van der Waals surface area contributed by atoms with Crippen molar-refractivity contribution in [2.24, 2.45) is 0 Å². The molecule has 1 N–H and O–H groups in total. The Morgan fingerprint density at radius 3 is 2.55 bits per heavy atom. The van der Waals surface area contributed by atoms with Gasteiger partial charge in [-0.15, -0.1) is 0 Å². The lowest BCUT2D eigenvalue weighted by molar-refractivity contribution is -0.123. The van der Waals surface area contributed by atoms with Crippen LogP contribution >= 0.6 is 11.6 Å². The minimum absolute atomic E-state index is 0.168. The topological polar surface area (TPSA) is 103 Å². The zero-order valence-corrected chi connectivity index (χ0v) is 16.3. The first kappa shape index (κ1) is 20.3. The molecule has 0 bridgehead atoms. The van der Waals surface area contributed by atoms with Crippen molar-refractivity contribution in [1.82, 2.24) is 0 Å². The number of amides is 1. The third-order valence-corrected chi connectivity index (χ3v) is 4.34. The van der Waals surface area contributed by atoms with E-state index in [9.17, 15) is 19.2 Å². The van der Waals surface area contributed by atoms with Gasteiger partial charge in [0.2, 0.25) is 5.76 Å². The minimum atomic E-state index is -1.20. The highest BCUT2D eigenvalue weighted by Gasteiger charge is 2.22. The SMILES string of the molecule is CC(=O)c1ccccc1NC(=O)[C@@H](C)OC(=O)c1cc(=O)c2cc(Cl)ccc2o1. The fraction of sp³-hybridized carbons (Fsp3) is 0.143. The maximum atomic E-state index is 12.4. The van der Waals surface area contributed by atoms with E-state index in [0.29, 0.717) is 16.3 Å². The molecule has 0 aliphatic carbocycles. The van der Waals surface area contributed by atoms with Crippen LogP contribution in [0.4, 0.5) is 5.69 Å². The molecule has 8 heteroatoms. The third-order valence-electron chi connectivity index (χ3n) is 4.11. The number of carbonyl (C=O) groups is 3. The number of benzene rings is 2. The number of carbonyl (C=O) groups excluding carboxylic acids is 3. The van der Waals surface area contributed by atoms with Gasteiger partial charge in [-0.25, -0.2) is 4.79 Å². The van der Waals surface area contributed by atoms with Gasteiger partial charge >= 0.3 is 5.97 Å². The fourth-order valence-corrected chi connectivity index (χ4v) is 2.81. The van der Waals surface area contributed by atoms with E-state index in [4.69, 9.17) is 20.8 Å². The Morgan fingerprint density at radius 2 is 1.83 bits per heavy atom. The van der Waals surface area contributed by atoms with E-state index in [2.05, 4.69) is 5.32 Å². The van der Waals surface area contributed by atoms with Gasteiger partial charge in [0.25, 0.3) is 5.91 Å². The molecular weight excluding hydrogens is 398 g/mol. The molecule has 1 aromatic heterocycles. The summed E-state index contributed by atoms with van der Waals surface area (Å²) in [5.41, 5.74) is 0.343. The van der Waals surface area contributed by atoms with Crippen molar-refractivity contribution >= 4 is 45.9 Å². The number of halogens is 1. The molecule has 29 heavy (non-hydrogen) atoms. The molecule has 0 saturated carbocycles. The minimum Gasteiger partial charge on any atom is -0.449 e. The number of ether oxygens (including phenoxy) is 1. The predicted octanol–water partition coefficient (Wildman–Crippen LogP) is 3.83. The van der Waals surface area contributed by atoms with Gasteiger partial charge in [0.1, 0.15) is 5.58 Å². The van der Waals surface area contributed by atoms with E-state index in [1.807, 2.05) is 0 Å². The van der Waals surface area contributed by atoms with Crippen molar-refractivity contribution in [3.05, 3.63) is 75.1 Å². The monoisotopic (exact) mass is 413 g/mol. The van der Waals surface area contributed by atoms with E-state index in [1.165, 1.54) is 32.0 Å². The number of nitrogens with one attached hydrogen (secondary N) is 1. The van der Waals surface area contributed by atoms with Crippen LogP contribution in [0.15, 0.2) is 57.7 Å². The maximum absolute atomic E-state index is 12.4. The summed E-state index contributed by atoms with van der Waals surface area (Å²) in [6.45, 7) is 2.74. The van der Waals surface area contributed by atoms with Gasteiger partial charge in [-0.2, -0.15) is 0 Å². The summed E-state index contributed by atoms with van der Waals surface area (Å²) in [4.78, 5) is 48.5. The zero-order valence-electron chi connectivity index (χ0n) is 15.5. The molecule has 148 valence electrons. The number of rotatable bonds is 5. The largest absolute Gasteiger partial charge is 0.449 e. The van der Waals surface area contributed by atoms with Crippen molar-refractivity contribution in [3.8, 4) is 0 Å². The highest BCUT2D eigenvalue weighted by atomic mass is 35.5. The van der Waals surface area contributed by atoms with Crippen molar-refractivity contribution < 1.29 is 23.5 Å². The van der Waals surface area contributed by atoms with Crippen LogP contribution in [-0.4, -0.2) is 23.8 Å². The van der Waals surface area contributed by atoms with E-state index < -0.39 is 23.4 Å². The summed E-state index contributed by atoms with van der Waals surface area (Å²) in [6, 6.07) is 11.9. The Kier molecular flexibility index (Phi) is 5.79. The van der Waals surface area contributed by atoms with Crippen LogP contribution in [0.1, 0.15) is 34.8 Å². The van der Waals surface area contributed by atoms with Crippen LogP contribution in [0.2, 0.25) is 5.02 Å². The van der Waals surface area contributed by atoms with Crippen molar-refractivity contribution in [2.45, 2.75) is 20.0 Å². The number of anilines is 1. The van der Waals surface area contributed by atoms with Gasteiger partial charge in [-0.3, -0.25) is 14.4 Å². The molecule has 0 aliphatic heterocycles. The number of ketones is 1. The van der Waals surface area contributed by atoms with Gasteiger partial charge in [-0.1, -0.05) is 23.7 Å². The van der Waals surface area contributed by atoms with Gasteiger partial charge in [0.15, 0.2) is 17.3 Å². The second kappa shape index (κ2) is 8.28. The summed E-state index contributed by atoms with van der Waals surface area (Å²) in [6.07, 6.45) is -1.20. The van der Waals surface area contributed by atoms with Crippen LogP contribution < -0.4 is 10.7 Å². The summed E-state index contributed by atoms with van der Waals surface area (Å²) in [5.74, 6) is -2.17. The number of esters is 1. The molecule has 3 rings (SSSR count). The molecule has 1 heterocycles. The zero-order chi connectivity index (χ0) is 21.1. The molecule has 0 unspecified atom stereocenters. The van der Waals surface area contributed by atoms with Gasteiger partial charge in [0.05, 0.1) is 11.1 Å². The quantitative estimate of drug-likeness (QED) is 0.503. The van der Waals surface area contributed by atoms with Gasteiger partial charge in [-0.05, 0) is 44.2 Å². The van der Waals surface area contributed by atoms with Crippen LogP contribution in [0.3, 0.4) is 0 Å². The molecule has 7 nitrogen and oxygen atoms in total. The number of para-hydroxylation sites is 1. The average Bonchev–Trinajstić information content (AvgIpc) is 2.68. The molecule has 0 spiro atoms. The van der Waals surface area contributed by atoms with Crippen LogP contribution in [0.25, 0.3) is 11.0 Å². The fourth-order valence-electron chi connectivity index (χ4n) is 2.63. The Morgan fingerprint density at radius 1 is 1.10 bits per heavy atom. The Bertz CT molecular complexity index is 1180. The molecule has 0 saturated heterocycles. The predicted molar refractivity (Wildman–Crippen MR) is 107 cm³/mol. The van der Waals surface area contributed by atoms with E-state index in [1.54, 1.807) is 24.3 Å². The standard InChI is InChI=1S/C21H16ClNO6/c1-11(24)14-5-3-4-6-16(14)23-20(26)12(2)28-21(27)19-10-17(25)15-9-13(22)7-8-18(15)29-19/h3-10,12H,1-2H3,(H,23,26)/t12-/m1/s1. The molecule has 0 radical (unpaired) electrons. The third kappa shape index (κ3) is 4.52. The summed E-state index contributed by atoms with van der Waals surface area (Å²) in [5, 5.41) is 3.13. The van der Waals surface area contributed by atoms with E-state index in [0.717, 1.165) is 6.07 Å². The number of hydrogen-bond donors (Lipinski definition) is 1. The summed E-state index contributed by atoms with van der Waals surface area (Å²) < 4.78 is 10.5. The Balaban J connectivity index is 1.76. The molecular formula is C21H16ClNO6. The highest BCUT2D eigenvalue weighted by Crippen LogP contribution is 2.19. The van der Waals surface area contributed by atoms with Gasteiger partial charge < -0.3 is 14.5 Å². The average molecular weight is 414 g/mol. The number of Topliss-reactive ketones (excluding diaryl/α,β-unsaturated/α-hetero) is 1. The number of hydrogen-bond acceptors (Lipinski definition) is 6. The highest BCUT2D eigenvalue weighted by molar-refractivity contribution is 6.31. The van der Waals surface area contributed by atoms with Crippen molar-refractivity contribution in [2.75, 3.05) is 5.32 Å². The lowest BCUT2D eigenvalue weighted by atomic mass is 10.1. The van der Waals surface area contributed by atoms with Gasteiger partial charge in [0, 0.05) is 16.7 Å². The lowest BCUT2D eigenvalue weighted by Gasteiger charge is -2.14. The van der Waals surface area contributed by atoms with Crippen LogP contribution in [-0.2, 0) is 9.53 Å². The molecule has 3 aromatic rings. The maximum Gasteiger partial charge on any atom is 0.375 e. The first-order chi connectivity index (χ1) is 13.8. The molecule has 0 fully saturated rings. The molecule has 1 amide bonds. The Hall–Kier alpha value is -3.45. The molecule has 0 aliphatic rings. The smallest absolute Gasteiger partial charge is 0.375 e. The summed E-state index contributed by atoms with van der Waals surface area (Å²) >= 11 is 5.86. The van der Waals surface area contributed by atoms with Crippen molar-refractivity contribution in [3.63, 3.8) is 0 Å². The normalized spacial score (nSPS) is 11.7. The molecule has 1 atom stereocenters. The van der Waals surface area contributed by atoms with Crippen molar-refractivity contribution in [1.29, 1.82) is 0 Å². The lowest BCUT2D eigenvalue weighted by Crippen LogP contribution is -2.30. The second-order valence-electron chi connectivity index (χ2n) is 6.25. The van der Waals surface area contributed by atoms with Crippen LogP contribution in [0, 0.1) is 0 Å². The van der Waals surface area contributed by atoms with E-state index >= 15 is 0 Å². The first-order valence-corrected chi connectivity index (χ1v) is 8.99. The van der Waals surface area contributed by atoms with Crippen LogP contribution in [0.5, 0.6) is 0 Å². The first-order valence-electron chi connectivity index (χ1n) is 8.61.